The minimum Gasteiger partial charge on any atom is -0.481 e. The Bertz CT molecular complexity index is 360. The number of nitrogens with two attached hydrogens (primary N) is 1. The van der Waals surface area contributed by atoms with Gasteiger partial charge in [-0.2, -0.15) is 5.10 Å². The predicted molar refractivity (Wildman–Crippen MR) is 69.1 cm³/mol. The molecule has 5 heteroatoms. The second kappa shape index (κ2) is 6.02. The van der Waals surface area contributed by atoms with Crippen LogP contribution in [-0.4, -0.2) is 30.0 Å². The molecule has 0 aliphatic heterocycles. The van der Waals surface area contributed by atoms with Gasteiger partial charge in [-0.25, -0.2) is 4.68 Å². The molecule has 5 nitrogen and oxygen atoms in total. The predicted octanol–water partition coefficient (Wildman–Crippen LogP) is 0.983. The molecular weight excluding hydrogens is 216 g/mol. The molecule has 0 aliphatic carbocycles. The van der Waals surface area contributed by atoms with E-state index in [0.29, 0.717) is 12.5 Å². The van der Waals surface area contributed by atoms with Crippen molar-refractivity contribution >= 4 is 0 Å². The maximum atomic E-state index is 5.84. The van der Waals surface area contributed by atoms with E-state index in [1.165, 1.54) is 0 Å². The van der Waals surface area contributed by atoms with Gasteiger partial charge in [0, 0.05) is 13.6 Å². The third-order valence-electron chi connectivity index (χ3n) is 2.76. The van der Waals surface area contributed by atoms with Gasteiger partial charge in [0.25, 0.3) is 0 Å². The van der Waals surface area contributed by atoms with Gasteiger partial charge in [-0.15, -0.1) is 0 Å². The van der Waals surface area contributed by atoms with Crippen LogP contribution in [0.2, 0.25) is 0 Å². The highest BCUT2D eigenvalue weighted by molar-refractivity contribution is 5.34. The van der Waals surface area contributed by atoms with Gasteiger partial charge in [0.15, 0.2) is 0 Å². The molecule has 1 rings (SSSR count). The third-order valence-corrected chi connectivity index (χ3v) is 2.76. The molecule has 0 aliphatic rings. The normalized spacial score (nSPS) is 13.1. The summed E-state index contributed by atoms with van der Waals surface area (Å²) in [6.07, 6.45) is 0. The molecule has 0 saturated carbocycles. The molecule has 1 atom stereocenters. The van der Waals surface area contributed by atoms with Crippen molar-refractivity contribution in [3.05, 3.63) is 11.3 Å². The second-order valence-electron chi connectivity index (χ2n) is 4.72. The molecule has 0 radical (unpaired) electrons. The Morgan fingerprint density at radius 2 is 2.12 bits per heavy atom. The summed E-state index contributed by atoms with van der Waals surface area (Å²) in [5.74, 6) is 1.38. The third kappa shape index (κ3) is 3.20. The van der Waals surface area contributed by atoms with E-state index < -0.39 is 0 Å². The van der Waals surface area contributed by atoms with E-state index in [1.54, 1.807) is 11.8 Å². The van der Waals surface area contributed by atoms with Crippen LogP contribution in [0.1, 0.15) is 31.1 Å². The van der Waals surface area contributed by atoms with E-state index in [4.69, 9.17) is 10.5 Å². The van der Waals surface area contributed by atoms with Gasteiger partial charge in [0.1, 0.15) is 0 Å². The lowest BCUT2D eigenvalue weighted by Gasteiger charge is -2.19. The molecule has 98 valence electrons. The standard InChI is InChI=1S/C12H24N4O/c1-8(2)7-14-10(6-13)11-9(3)15-16(4)12(11)17-5/h8,10,14H,6-7,13H2,1-5H3. The maximum absolute atomic E-state index is 5.84. The van der Waals surface area contributed by atoms with Crippen LogP contribution in [-0.2, 0) is 7.05 Å². The number of rotatable bonds is 6. The van der Waals surface area contributed by atoms with Crippen LogP contribution in [0.25, 0.3) is 0 Å². The maximum Gasteiger partial charge on any atom is 0.216 e. The molecule has 17 heavy (non-hydrogen) atoms. The summed E-state index contributed by atoms with van der Waals surface area (Å²) >= 11 is 0. The van der Waals surface area contributed by atoms with Crippen LogP contribution in [0.15, 0.2) is 0 Å². The smallest absolute Gasteiger partial charge is 0.216 e. The van der Waals surface area contributed by atoms with Crippen molar-refractivity contribution in [3.63, 3.8) is 0 Å². The Morgan fingerprint density at radius 3 is 2.59 bits per heavy atom. The Morgan fingerprint density at radius 1 is 1.47 bits per heavy atom. The summed E-state index contributed by atoms with van der Waals surface area (Å²) in [6.45, 7) is 7.80. The number of hydrogen-bond acceptors (Lipinski definition) is 4. The van der Waals surface area contributed by atoms with Crippen molar-refractivity contribution in [2.75, 3.05) is 20.2 Å². The highest BCUT2D eigenvalue weighted by atomic mass is 16.5. The minimum absolute atomic E-state index is 0.0982. The zero-order valence-corrected chi connectivity index (χ0v) is 11.4. The first-order valence-corrected chi connectivity index (χ1v) is 6.02. The minimum atomic E-state index is 0.0982. The highest BCUT2D eigenvalue weighted by Crippen LogP contribution is 2.27. The first-order chi connectivity index (χ1) is 8.01. The van der Waals surface area contributed by atoms with Crippen LogP contribution in [0.5, 0.6) is 5.88 Å². The molecule has 3 N–H and O–H groups in total. The second-order valence-corrected chi connectivity index (χ2v) is 4.72. The summed E-state index contributed by atoms with van der Waals surface area (Å²) in [6, 6.07) is 0.0982. The van der Waals surface area contributed by atoms with Crippen LogP contribution in [0.4, 0.5) is 0 Å². The van der Waals surface area contributed by atoms with Crippen molar-refractivity contribution in [3.8, 4) is 5.88 Å². The summed E-state index contributed by atoms with van der Waals surface area (Å²) < 4.78 is 7.15. The Kier molecular flexibility index (Phi) is 4.96. The number of aromatic nitrogens is 2. The molecule has 1 aromatic rings. The zero-order chi connectivity index (χ0) is 13.0. The topological polar surface area (TPSA) is 65.1 Å². The average Bonchev–Trinajstić information content (AvgIpc) is 2.54. The largest absolute Gasteiger partial charge is 0.481 e. The summed E-state index contributed by atoms with van der Waals surface area (Å²) in [5.41, 5.74) is 7.87. The number of aryl methyl sites for hydroxylation is 2. The SMILES string of the molecule is COc1c(C(CN)NCC(C)C)c(C)nn1C. The number of hydrogen-bond donors (Lipinski definition) is 2. The average molecular weight is 240 g/mol. The molecule has 1 unspecified atom stereocenters. The van der Waals surface area contributed by atoms with E-state index in [-0.39, 0.29) is 6.04 Å². The van der Waals surface area contributed by atoms with Crippen LogP contribution >= 0.6 is 0 Å². The fraction of sp³-hybridized carbons (Fsp3) is 0.750. The zero-order valence-electron chi connectivity index (χ0n) is 11.4. The number of nitrogens with zero attached hydrogens (tertiary/aromatic N) is 2. The highest BCUT2D eigenvalue weighted by Gasteiger charge is 2.21. The molecule has 0 amide bonds. The molecule has 0 aromatic carbocycles. The monoisotopic (exact) mass is 240 g/mol. The lowest BCUT2D eigenvalue weighted by molar-refractivity contribution is 0.361. The van der Waals surface area contributed by atoms with E-state index in [0.717, 1.165) is 23.7 Å². The molecule has 0 spiro atoms. The molecular formula is C12H24N4O. The van der Waals surface area contributed by atoms with Gasteiger partial charge in [0.05, 0.1) is 24.4 Å². The van der Waals surface area contributed by atoms with Crippen molar-refractivity contribution in [2.24, 2.45) is 18.7 Å². The van der Waals surface area contributed by atoms with Gasteiger partial charge in [-0.3, -0.25) is 0 Å². The van der Waals surface area contributed by atoms with Gasteiger partial charge in [-0.05, 0) is 19.4 Å². The van der Waals surface area contributed by atoms with Crippen molar-refractivity contribution in [1.29, 1.82) is 0 Å². The number of methoxy groups -OCH3 is 1. The quantitative estimate of drug-likeness (QED) is 0.778. The fourth-order valence-electron chi connectivity index (χ4n) is 1.98. The molecule has 0 saturated heterocycles. The number of nitrogens with one attached hydrogen (secondary N) is 1. The summed E-state index contributed by atoms with van der Waals surface area (Å²) in [5, 5.41) is 7.83. The number of ether oxygens (including phenoxy) is 1. The van der Waals surface area contributed by atoms with Crippen molar-refractivity contribution < 1.29 is 4.74 Å². The first kappa shape index (κ1) is 14.0. The Hall–Kier alpha value is -1.07. The fourth-order valence-corrected chi connectivity index (χ4v) is 1.98. The summed E-state index contributed by atoms with van der Waals surface area (Å²) in [7, 11) is 3.54. The Balaban J connectivity index is 2.94. The molecule has 0 bridgehead atoms. The van der Waals surface area contributed by atoms with Crippen LogP contribution in [0.3, 0.4) is 0 Å². The molecule has 1 aromatic heterocycles. The van der Waals surface area contributed by atoms with Gasteiger partial charge in [0.2, 0.25) is 5.88 Å². The van der Waals surface area contributed by atoms with Gasteiger partial charge < -0.3 is 15.8 Å². The molecule has 0 fully saturated rings. The van der Waals surface area contributed by atoms with E-state index in [9.17, 15) is 0 Å². The lowest BCUT2D eigenvalue weighted by atomic mass is 10.1. The molecule has 1 heterocycles. The van der Waals surface area contributed by atoms with Gasteiger partial charge >= 0.3 is 0 Å². The first-order valence-electron chi connectivity index (χ1n) is 6.02. The van der Waals surface area contributed by atoms with Crippen molar-refractivity contribution in [1.82, 2.24) is 15.1 Å². The van der Waals surface area contributed by atoms with Crippen LogP contribution < -0.4 is 15.8 Å². The van der Waals surface area contributed by atoms with E-state index >= 15 is 0 Å². The van der Waals surface area contributed by atoms with Crippen LogP contribution in [0, 0.1) is 12.8 Å². The van der Waals surface area contributed by atoms with E-state index in [2.05, 4.69) is 24.3 Å². The summed E-state index contributed by atoms with van der Waals surface area (Å²) in [4.78, 5) is 0. The van der Waals surface area contributed by atoms with Gasteiger partial charge in [-0.1, -0.05) is 13.8 Å². The van der Waals surface area contributed by atoms with E-state index in [1.807, 2.05) is 14.0 Å². The van der Waals surface area contributed by atoms with Crippen molar-refractivity contribution in [2.45, 2.75) is 26.8 Å². The Labute approximate surface area is 103 Å². The lowest BCUT2D eigenvalue weighted by Crippen LogP contribution is -2.31.